The molecule has 1 fully saturated rings. The van der Waals surface area contributed by atoms with Gasteiger partial charge < -0.3 is 18.7 Å². The third-order valence-electron chi connectivity index (χ3n) is 4.86. The molecule has 0 radical (unpaired) electrons. The summed E-state index contributed by atoms with van der Waals surface area (Å²) in [6, 6.07) is 7.65. The first-order valence-electron chi connectivity index (χ1n) is 9.51. The molecule has 28 heavy (non-hydrogen) atoms. The Morgan fingerprint density at radius 2 is 2.14 bits per heavy atom. The average Bonchev–Trinajstić information content (AvgIpc) is 3.33. The summed E-state index contributed by atoms with van der Waals surface area (Å²) < 4.78 is 10.5. The van der Waals surface area contributed by atoms with Crippen molar-refractivity contribution in [3.63, 3.8) is 0 Å². The van der Waals surface area contributed by atoms with E-state index in [9.17, 15) is 4.79 Å². The van der Waals surface area contributed by atoms with Crippen molar-refractivity contribution in [2.24, 2.45) is 0 Å². The number of rotatable bonds is 5. The topological polar surface area (TPSA) is 88.5 Å². The fourth-order valence-corrected chi connectivity index (χ4v) is 3.39. The van der Waals surface area contributed by atoms with Gasteiger partial charge in [-0.2, -0.15) is 4.98 Å². The Morgan fingerprint density at radius 3 is 2.96 bits per heavy atom. The molecule has 8 nitrogen and oxygen atoms in total. The van der Waals surface area contributed by atoms with Gasteiger partial charge in [0.1, 0.15) is 0 Å². The molecule has 1 aliphatic rings. The molecule has 146 valence electrons. The number of anilines is 1. The van der Waals surface area contributed by atoms with Crippen molar-refractivity contribution in [1.82, 2.24) is 20.0 Å². The van der Waals surface area contributed by atoms with E-state index in [0.717, 1.165) is 37.4 Å². The quantitative estimate of drug-likeness (QED) is 0.671. The summed E-state index contributed by atoms with van der Waals surface area (Å²) in [5, 5.41) is 3.90. The summed E-state index contributed by atoms with van der Waals surface area (Å²) in [4.78, 5) is 25.4. The monoisotopic (exact) mass is 381 g/mol. The van der Waals surface area contributed by atoms with E-state index in [1.165, 1.54) is 0 Å². The molecule has 0 unspecified atom stereocenters. The number of nitrogens with zero attached hydrogens (tertiary/aromatic N) is 5. The number of carbonyl (C=O) groups is 1. The normalized spacial score (nSPS) is 14.9. The number of furan rings is 1. The van der Waals surface area contributed by atoms with Gasteiger partial charge in [-0.05, 0) is 37.6 Å². The molecule has 0 atom stereocenters. The number of hydrogen-bond donors (Lipinski definition) is 0. The highest BCUT2D eigenvalue weighted by molar-refractivity contribution is 5.76. The van der Waals surface area contributed by atoms with Crippen LogP contribution in [-0.2, 0) is 11.2 Å². The number of aryl methyl sites for hydroxylation is 2. The van der Waals surface area contributed by atoms with Crippen LogP contribution in [0, 0.1) is 6.92 Å². The summed E-state index contributed by atoms with van der Waals surface area (Å²) >= 11 is 0. The van der Waals surface area contributed by atoms with Crippen molar-refractivity contribution < 1.29 is 13.7 Å². The predicted molar refractivity (Wildman–Crippen MR) is 103 cm³/mol. The molecule has 1 amide bonds. The largest absolute Gasteiger partial charge is 0.461 e. The van der Waals surface area contributed by atoms with Crippen LogP contribution in [0.2, 0.25) is 0 Å². The zero-order valence-corrected chi connectivity index (χ0v) is 15.9. The zero-order valence-electron chi connectivity index (χ0n) is 15.9. The Labute approximate surface area is 163 Å². The molecule has 1 saturated heterocycles. The van der Waals surface area contributed by atoms with Gasteiger partial charge in [0, 0.05) is 56.6 Å². The molecule has 0 saturated carbocycles. The lowest BCUT2D eigenvalue weighted by Gasteiger charge is -2.23. The standard InChI is InChI=1S/C20H23N5O3/c1-15-14-16(7-8-21-15)24-9-3-10-25(12-11-24)19(26)6-5-18-22-20(23-28-18)17-4-2-13-27-17/h2,4,7-8,13-14H,3,5-6,9-12H2,1H3. The molecule has 0 spiro atoms. The van der Waals surface area contributed by atoms with Gasteiger partial charge in [0.2, 0.25) is 17.6 Å². The summed E-state index contributed by atoms with van der Waals surface area (Å²) in [6.07, 6.45) is 5.12. The summed E-state index contributed by atoms with van der Waals surface area (Å²) in [5.41, 5.74) is 2.17. The summed E-state index contributed by atoms with van der Waals surface area (Å²) in [6.45, 7) is 5.22. The Morgan fingerprint density at radius 1 is 1.21 bits per heavy atom. The highest BCUT2D eigenvalue weighted by atomic mass is 16.5. The van der Waals surface area contributed by atoms with E-state index >= 15 is 0 Å². The van der Waals surface area contributed by atoms with E-state index in [1.54, 1.807) is 18.4 Å². The molecular formula is C20H23N5O3. The number of aromatic nitrogens is 3. The SMILES string of the molecule is Cc1cc(N2CCCN(C(=O)CCc3nc(-c4ccco4)no3)CC2)ccn1. The molecule has 0 aromatic carbocycles. The van der Waals surface area contributed by atoms with Gasteiger partial charge >= 0.3 is 0 Å². The van der Waals surface area contributed by atoms with Gasteiger partial charge in [-0.3, -0.25) is 9.78 Å². The number of amides is 1. The zero-order chi connectivity index (χ0) is 19.3. The van der Waals surface area contributed by atoms with Crippen LogP contribution in [0.1, 0.15) is 24.4 Å². The predicted octanol–water partition coefficient (Wildman–Crippen LogP) is 2.70. The fourth-order valence-electron chi connectivity index (χ4n) is 3.39. The first-order valence-corrected chi connectivity index (χ1v) is 9.51. The first kappa shape index (κ1) is 18.2. The number of hydrogen-bond acceptors (Lipinski definition) is 7. The van der Waals surface area contributed by atoms with Gasteiger partial charge in [0.25, 0.3) is 0 Å². The van der Waals surface area contributed by atoms with Crippen LogP contribution >= 0.6 is 0 Å². The lowest BCUT2D eigenvalue weighted by atomic mass is 10.2. The molecular weight excluding hydrogens is 358 g/mol. The van der Waals surface area contributed by atoms with E-state index < -0.39 is 0 Å². The highest BCUT2D eigenvalue weighted by Gasteiger charge is 2.20. The van der Waals surface area contributed by atoms with Gasteiger partial charge in [0.05, 0.1) is 6.26 Å². The second-order valence-electron chi connectivity index (χ2n) is 6.87. The van der Waals surface area contributed by atoms with Crippen molar-refractivity contribution in [2.45, 2.75) is 26.2 Å². The van der Waals surface area contributed by atoms with Crippen LogP contribution in [0.3, 0.4) is 0 Å². The highest BCUT2D eigenvalue weighted by Crippen LogP contribution is 2.18. The van der Waals surface area contributed by atoms with E-state index in [2.05, 4.69) is 26.1 Å². The Balaban J connectivity index is 1.30. The molecule has 1 aliphatic heterocycles. The number of pyridine rings is 1. The Kier molecular flexibility index (Phi) is 5.36. The lowest BCUT2D eigenvalue weighted by molar-refractivity contribution is -0.131. The molecule has 3 aromatic heterocycles. The van der Waals surface area contributed by atoms with Crippen molar-refractivity contribution in [1.29, 1.82) is 0 Å². The maximum atomic E-state index is 12.6. The van der Waals surface area contributed by atoms with Crippen LogP contribution in [-0.4, -0.2) is 52.1 Å². The summed E-state index contributed by atoms with van der Waals surface area (Å²) in [5.74, 6) is 1.53. The molecule has 0 N–H and O–H groups in total. The minimum Gasteiger partial charge on any atom is -0.461 e. The first-order chi connectivity index (χ1) is 13.7. The van der Waals surface area contributed by atoms with E-state index in [0.29, 0.717) is 36.9 Å². The van der Waals surface area contributed by atoms with Crippen molar-refractivity contribution in [3.8, 4) is 11.6 Å². The van der Waals surface area contributed by atoms with Crippen LogP contribution in [0.15, 0.2) is 45.7 Å². The molecule has 3 aromatic rings. The van der Waals surface area contributed by atoms with Crippen molar-refractivity contribution in [3.05, 3.63) is 48.3 Å². The third-order valence-corrected chi connectivity index (χ3v) is 4.86. The molecule has 0 aliphatic carbocycles. The molecule has 4 heterocycles. The van der Waals surface area contributed by atoms with Crippen molar-refractivity contribution >= 4 is 11.6 Å². The lowest BCUT2D eigenvalue weighted by Crippen LogP contribution is -2.35. The van der Waals surface area contributed by atoms with E-state index in [1.807, 2.05) is 24.1 Å². The fraction of sp³-hybridized carbons (Fsp3) is 0.400. The van der Waals surface area contributed by atoms with Gasteiger partial charge in [-0.1, -0.05) is 5.16 Å². The smallest absolute Gasteiger partial charge is 0.238 e. The van der Waals surface area contributed by atoms with Crippen LogP contribution in [0.25, 0.3) is 11.6 Å². The third kappa shape index (κ3) is 4.21. The van der Waals surface area contributed by atoms with Crippen LogP contribution in [0.4, 0.5) is 5.69 Å². The van der Waals surface area contributed by atoms with Gasteiger partial charge in [0.15, 0.2) is 5.76 Å². The van der Waals surface area contributed by atoms with Gasteiger partial charge in [-0.15, -0.1) is 0 Å². The number of carbonyl (C=O) groups excluding carboxylic acids is 1. The summed E-state index contributed by atoms with van der Waals surface area (Å²) in [7, 11) is 0. The van der Waals surface area contributed by atoms with Crippen LogP contribution in [0.5, 0.6) is 0 Å². The molecule has 4 rings (SSSR count). The van der Waals surface area contributed by atoms with Gasteiger partial charge in [-0.25, -0.2) is 0 Å². The Hall–Kier alpha value is -3.16. The maximum Gasteiger partial charge on any atom is 0.238 e. The Bertz CT molecular complexity index is 922. The molecule has 8 heteroatoms. The van der Waals surface area contributed by atoms with Crippen molar-refractivity contribution in [2.75, 3.05) is 31.1 Å². The average molecular weight is 381 g/mol. The molecule has 0 bridgehead atoms. The second-order valence-corrected chi connectivity index (χ2v) is 6.87. The van der Waals surface area contributed by atoms with E-state index in [-0.39, 0.29) is 5.91 Å². The second kappa shape index (κ2) is 8.24. The van der Waals surface area contributed by atoms with Crippen LogP contribution < -0.4 is 4.90 Å². The maximum absolute atomic E-state index is 12.6. The minimum atomic E-state index is 0.116. The minimum absolute atomic E-state index is 0.116. The van der Waals surface area contributed by atoms with E-state index in [4.69, 9.17) is 8.94 Å².